The molecule has 0 saturated carbocycles. The second-order valence-electron chi connectivity index (χ2n) is 10.4. The average Bonchev–Trinajstić information content (AvgIpc) is 3.41. The molecule has 0 N–H and O–H groups in total. The average molecular weight is 562 g/mol. The predicted octanol–water partition coefficient (Wildman–Crippen LogP) is 6.17. The molecule has 2 unspecified atom stereocenters. The number of hydrogen-bond acceptors (Lipinski definition) is 6. The van der Waals surface area contributed by atoms with Gasteiger partial charge in [-0.05, 0) is 75.4 Å². The maximum absolute atomic E-state index is 14.3. The van der Waals surface area contributed by atoms with Crippen LogP contribution in [0.5, 0.6) is 0 Å². The molecule has 3 aromatic rings. The van der Waals surface area contributed by atoms with Crippen molar-refractivity contribution in [2.24, 2.45) is 10.3 Å². The lowest BCUT2D eigenvalue weighted by atomic mass is 10.00. The summed E-state index contributed by atoms with van der Waals surface area (Å²) in [6, 6.07) is 8.71. The SMILES string of the molecule is Cc1nc(N(C)C(=O)C2Cc3ccc(-c4cc(F)ccc4F)cc3C2)sc1S(C)(=O)=NC(=O)OC(C)(C)C. The fourth-order valence-electron chi connectivity index (χ4n) is 4.37. The Morgan fingerprint density at radius 1 is 1.13 bits per heavy atom. The lowest BCUT2D eigenvalue weighted by Gasteiger charge is -2.18. The number of aryl methyl sites for hydroxylation is 1. The summed E-state index contributed by atoms with van der Waals surface area (Å²) in [6.07, 6.45) is 1.36. The van der Waals surface area contributed by atoms with Crippen LogP contribution in [0.25, 0.3) is 11.1 Å². The summed E-state index contributed by atoms with van der Waals surface area (Å²) in [5.41, 5.74) is 2.24. The van der Waals surface area contributed by atoms with Gasteiger partial charge in [0.1, 0.15) is 21.4 Å². The molecule has 2 aromatic carbocycles. The number of hydrogen-bond donors (Lipinski definition) is 0. The number of carbonyl (C=O) groups is 2. The van der Waals surface area contributed by atoms with Crippen molar-refractivity contribution in [3.05, 3.63) is 64.9 Å². The molecule has 1 aliphatic rings. The van der Waals surface area contributed by atoms with Crippen molar-refractivity contribution < 1.29 is 27.3 Å². The van der Waals surface area contributed by atoms with Gasteiger partial charge in [0.15, 0.2) is 5.13 Å². The third-order valence-corrected chi connectivity index (χ3v) is 9.76. The molecule has 4 rings (SSSR count). The van der Waals surface area contributed by atoms with Gasteiger partial charge < -0.3 is 4.74 Å². The number of thiazole rings is 1. The summed E-state index contributed by atoms with van der Waals surface area (Å²) < 4.78 is 50.5. The summed E-state index contributed by atoms with van der Waals surface area (Å²) in [7, 11) is -1.54. The number of aromatic nitrogens is 1. The third kappa shape index (κ3) is 5.94. The number of fused-ring (bicyclic) bond motifs is 1. The first-order valence-electron chi connectivity index (χ1n) is 11.9. The normalized spacial score (nSPS) is 16.5. The minimum atomic E-state index is -3.14. The van der Waals surface area contributed by atoms with Crippen molar-refractivity contribution in [3.63, 3.8) is 0 Å². The number of amides is 2. The van der Waals surface area contributed by atoms with Crippen molar-refractivity contribution in [1.29, 1.82) is 0 Å². The van der Waals surface area contributed by atoms with Gasteiger partial charge in [-0.15, -0.1) is 4.36 Å². The van der Waals surface area contributed by atoms with Gasteiger partial charge in [0.25, 0.3) is 0 Å². The molecule has 0 spiro atoms. The van der Waals surface area contributed by atoms with E-state index in [0.717, 1.165) is 40.7 Å². The van der Waals surface area contributed by atoms with Gasteiger partial charge in [0.05, 0.1) is 15.4 Å². The van der Waals surface area contributed by atoms with Crippen LogP contribution in [0.2, 0.25) is 0 Å². The van der Waals surface area contributed by atoms with Crippen LogP contribution >= 0.6 is 11.3 Å². The minimum Gasteiger partial charge on any atom is -0.442 e. The fourth-order valence-corrected chi connectivity index (χ4v) is 7.10. The van der Waals surface area contributed by atoms with Gasteiger partial charge in [-0.1, -0.05) is 29.5 Å². The monoisotopic (exact) mass is 561 g/mol. The first kappa shape index (κ1) is 27.8. The molecule has 0 aliphatic heterocycles. The Balaban J connectivity index is 1.53. The quantitative estimate of drug-likeness (QED) is 0.380. The Hall–Kier alpha value is -3.18. The number of rotatable bonds is 4. The van der Waals surface area contributed by atoms with E-state index in [1.54, 1.807) is 46.9 Å². The molecular formula is C27H29F2N3O4S2. The van der Waals surface area contributed by atoms with Crippen LogP contribution in [0.1, 0.15) is 37.6 Å². The van der Waals surface area contributed by atoms with Crippen molar-refractivity contribution in [3.8, 4) is 11.1 Å². The fraction of sp³-hybridized carbons (Fsp3) is 0.370. The number of halogens is 2. The smallest absolute Gasteiger partial charge is 0.442 e. The van der Waals surface area contributed by atoms with Gasteiger partial charge in [-0.3, -0.25) is 9.69 Å². The molecule has 0 saturated heterocycles. The zero-order valence-corrected chi connectivity index (χ0v) is 23.6. The molecule has 1 aromatic heterocycles. The minimum absolute atomic E-state index is 0.172. The third-order valence-electron chi connectivity index (χ3n) is 6.07. The highest BCUT2D eigenvalue weighted by molar-refractivity contribution is 7.95. The van der Waals surface area contributed by atoms with E-state index in [1.807, 2.05) is 6.07 Å². The van der Waals surface area contributed by atoms with Crippen LogP contribution in [0.4, 0.5) is 18.7 Å². The molecule has 0 fully saturated rings. The highest BCUT2D eigenvalue weighted by Gasteiger charge is 2.32. The standard InChI is InChI=1S/C27H29F2N3O4S2/c1-15-24(38(6,35)31-26(34)36-27(2,3)4)37-25(30-15)32(5)23(33)19-11-16-7-8-17(12-18(16)13-19)21-14-20(28)9-10-22(21)29/h7-10,12,14,19H,11,13H2,1-6H3. The number of anilines is 1. The highest BCUT2D eigenvalue weighted by Crippen LogP contribution is 2.35. The summed E-state index contributed by atoms with van der Waals surface area (Å²) in [5.74, 6) is -1.58. The van der Waals surface area contributed by atoms with E-state index in [2.05, 4.69) is 9.35 Å². The van der Waals surface area contributed by atoms with Crippen LogP contribution in [0, 0.1) is 24.5 Å². The molecule has 7 nitrogen and oxygen atoms in total. The van der Waals surface area contributed by atoms with Gasteiger partial charge in [-0.2, -0.15) is 0 Å². The maximum Gasteiger partial charge on any atom is 0.442 e. The predicted molar refractivity (Wildman–Crippen MR) is 144 cm³/mol. The van der Waals surface area contributed by atoms with Gasteiger partial charge >= 0.3 is 6.09 Å². The van der Waals surface area contributed by atoms with Crippen molar-refractivity contribution in [1.82, 2.24) is 4.98 Å². The van der Waals surface area contributed by atoms with Crippen LogP contribution in [-0.4, -0.2) is 40.1 Å². The van der Waals surface area contributed by atoms with E-state index in [1.165, 1.54) is 11.2 Å². The van der Waals surface area contributed by atoms with E-state index >= 15 is 0 Å². The molecule has 11 heteroatoms. The van der Waals surface area contributed by atoms with Crippen LogP contribution < -0.4 is 4.90 Å². The molecule has 202 valence electrons. The second-order valence-corrected chi connectivity index (χ2v) is 13.8. The molecule has 1 heterocycles. The van der Waals surface area contributed by atoms with Crippen molar-refractivity contribution >= 4 is 38.2 Å². The largest absolute Gasteiger partial charge is 0.442 e. The number of benzene rings is 2. The molecule has 0 radical (unpaired) electrons. The Labute approximate surface area is 225 Å². The number of nitrogens with zero attached hydrogens (tertiary/aromatic N) is 3. The molecule has 38 heavy (non-hydrogen) atoms. The lowest BCUT2D eigenvalue weighted by molar-refractivity contribution is -0.121. The second kappa shape index (κ2) is 10.2. The molecular weight excluding hydrogens is 532 g/mol. The van der Waals surface area contributed by atoms with Gasteiger partial charge in [0, 0.05) is 24.8 Å². The van der Waals surface area contributed by atoms with Gasteiger partial charge in [-0.25, -0.2) is 22.8 Å². The molecule has 2 atom stereocenters. The summed E-state index contributed by atoms with van der Waals surface area (Å²) in [5, 5.41) is 0.343. The van der Waals surface area contributed by atoms with E-state index in [-0.39, 0.29) is 17.4 Å². The summed E-state index contributed by atoms with van der Waals surface area (Å²) >= 11 is 1.05. The van der Waals surface area contributed by atoms with Crippen LogP contribution in [0.15, 0.2) is 45.0 Å². The van der Waals surface area contributed by atoms with E-state index in [0.29, 0.717) is 33.4 Å². The van der Waals surface area contributed by atoms with Crippen molar-refractivity contribution in [2.75, 3.05) is 18.2 Å². The Bertz CT molecular complexity index is 1550. The number of carbonyl (C=O) groups excluding carboxylic acids is 2. The molecule has 2 amide bonds. The van der Waals surface area contributed by atoms with E-state index in [9.17, 15) is 22.6 Å². The van der Waals surface area contributed by atoms with Crippen molar-refractivity contribution in [2.45, 2.75) is 50.3 Å². The summed E-state index contributed by atoms with van der Waals surface area (Å²) in [4.78, 5) is 31.4. The Morgan fingerprint density at radius 2 is 1.82 bits per heavy atom. The first-order chi connectivity index (χ1) is 17.6. The molecule has 1 aliphatic carbocycles. The highest BCUT2D eigenvalue weighted by atomic mass is 32.2. The van der Waals surface area contributed by atoms with E-state index < -0.39 is 33.1 Å². The van der Waals surface area contributed by atoms with Crippen LogP contribution in [0.3, 0.4) is 0 Å². The first-order valence-corrected chi connectivity index (χ1v) is 14.7. The zero-order chi connectivity index (χ0) is 28.0. The maximum atomic E-state index is 14.3. The molecule has 0 bridgehead atoms. The van der Waals surface area contributed by atoms with Gasteiger partial charge in [0.2, 0.25) is 5.91 Å². The summed E-state index contributed by atoms with van der Waals surface area (Å²) in [6.45, 7) is 6.73. The number of ether oxygens (including phenoxy) is 1. The Kier molecular flexibility index (Phi) is 7.46. The van der Waals surface area contributed by atoms with E-state index in [4.69, 9.17) is 4.74 Å². The topological polar surface area (TPSA) is 88.9 Å². The lowest BCUT2D eigenvalue weighted by Crippen LogP contribution is -2.33. The zero-order valence-electron chi connectivity index (χ0n) is 22.0. The Morgan fingerprint density at radius 3 is 2.50 bits per heavy atom. The van der Waals surface area contributed by atoms with Crippen LogP contribution in [-0.2, 0) is 32.1 Å².